The monoisotopic (exact) mass is 301 g/mol. The smallest absolute Gasteiger partial charge is 0.238 e. The predicted molar refractivity (Wildman–Crippen MR) is 80.8 cm³/mol. The summed E-state index contributed by atoms with van der Waals surface area (Å²) in [6.45, 7) is 2.85. The lowest BCUT2D eigenvalue weighted by molar-refractivity contribution is 0.255. The number of hydrogen-bond donors (Lipinski definition) is 4. The fourth-order valence-corrected chi connectivity index (χ4v) is 2.60. The van der Waals surface area contributed by atoms with E-state index in [0.29, 0.717) is 30.3 Å². The lowest BCUT2D eigenvalue weighted by atomic mass is 10.00. The van der Waals surface area contributed by atoms with Crippen molar-refractivity contribution in [1.82, 2.24) is 0 Å². The van der Waals surface area contributed by atoms with E-state index in [1.54, 1.807) is 0 Å². The second-order valence-electron chi connectivity index (χ2n) is 4.84. The van der Waals surface area contributed by atoms with Crippen LogP contribution in [-0.2, 0) is 10.0 Å². The van der Waals surface area contributed by atoms with E-state index in [0.717, 1.165) is 12.8 Å². The Balaban J connectivity index is 2.81. The van der Waals surface area contributed by atoms with Gasteiger partial charge in [-0.25, -0.2) is 13.6 Å². The van der Waals surface area contributed by atoms with E-state index in [1.807, 2.05) is 0 Å². The summed E-state index contributed by atoms with van der Waals surface area (Å²) in [6.07, 6.45) is 2.72. The van der Waals surface area contributed by atoms with Crippen LogP contribution in [0.25, 0.3) is 0 Å². The molecule has 0 heterocycles. The van der Waals surface area contributed by atoms with Crippen LogP contribution in [0.1, 0.15) is 26.2 Å². The molecule has 1 aromatic rings. The molecule has 6 N–H and O–H groups in total. The Labute approximate surface area is 120 Å². The van der Waals surface area contributed by atoms with Crippen LogP contribution in [0.15, 0.2) is 23.1 Å². The van der Waals surface area contributed by atoms with Crippen LogP contribution in [0.3, 0.4) is 0 Å². The van der Waals surface area contributed by atoms with E-state index < -0.39 is 10.0 Å². The first kappa shape index (κ1) is 16.7. The van der Waals surface area contributed by atoms with Crippen LogP contribution >= 0.6 is 0 Å². The highest BCUT2D eigenvalue weighted by atomic mass is 32.2. The number of benzene rings is 1. The Bertz CT molecular complexity index is 526. The van der Waals surface area contributed by atoms with Crippen molar-refractivity contribution in [2.45, 2.75) is 31.1 Å². The van der Waals surface area contributed by atoms with Gasteiger partial charge in [0.05, 0.1) is 16.3 Å². The summed E-state index contributed by atoms with van der Waals surface area (Å²) < 4.78 is 22.6. The van der Waals surface area contributed by atoms with E-state index in [2.05, 4.69) is 12.2 Å². The molecule has 0 saturated carbocycles. The lowest BCUT2D eigenvalue weighted by Gasteiger charge is -2.18. The fraction of sp³-hybridized carbons (Fsp3) is 0.538. The SMILES string of the molecule is CCCC(CCO)CNc1cc(S(N)(=O)=O)ccc1N. The molecular weight excluding hydrogens is 278 g/mol. The van der Waals surface area contributed by atoms with E-state index in [1.165, 1.54) is 18.2 Å². The Morgan fingerprint density at radius 3 is 2.60 bits per heavy atom. The summed E-state index contributed by atoms with van der Waals surface area (Å²) in [5.74, 6) is 0.322. The minimum absolute atomic E-state index is 0.0309. The van der Waals surface area contributed by atoms with Crippen molar-refractivity contribution in [2.24, 2.45) is 11.1 Å². The molecule has 1 atom stereocenters. The van der Waals surface area contributed by atoms with Gasteiger partial charge in [-0.05, 0) is 37.0 Å². The maximum Gasteiger partial charge on any atom is 0.238 e. The van der Waals surface area contributed by atoms with E-state index in [9.17, 15) is 8.42 Å². The first-order chi connectivity index (χ1) is 9.38. The van der Waals surface area contributed by atoms with E-state index in [4.69, 9.17) is 16.0 Å². The molecule has 0 radical (unpaired) electrons. The minimum atomic E-state index is -3.74. The molecule has 0 saturated heterocycles. The van der Waals surface area contributed by atoms with Gasteiger partial charge in [-0.15, -0.1) is 0 Å². The van der Waals surface area contributed by atoms with Crippen molar-refractivity contribution < 1.29 is 13.5 Å². The number of nitrogen functional groups attached to an aromatic ring is 1. The Kier molecular flexibility index (Phi) is 6.25. The van der Waals surface area contributed by atoms with Gasteiger partial charge in [-0.2, -0.15) is 0 Å². The van der Waals surface area contributed by atoms with Gasteiger partial charge in [0.2, 0.25) is 10.0 Å². The quantitative estimate of drug-likeness (QED) is 0.537. The molecule has 7 heteroatoms. The third-order valence-corrected chi connectivity index (χ3v) is 4.08. The largest absolute Gasteiger partial charge is 0.397 e. The van der Waals surface area contributed by atoms with E-state index in [-0.39, 0.29) is 11.5 Å². The maximum absolute atomic E-state index is 11.3. The molecule has 0 aliphatic carbocycles. The van der Waals surface area contributed by atoms with Gasteiger partial charge in [0.1, 0.15) is 0 Å². The molecule has 1 aromatic carbocycles. The first-order valence-electron chi connectivity index (χ1n) is 6.65. The number of nitrogens with one attached hydrogen (secondary N) is 1. The third-order valence-electron chi connectivity index (χ3n) is 3.17. The lowest BCUT2D eigenvalue weighted by Crippen LogP contribution is -2.17. The average molecular weight is 301 g/mol. The number of rotatable bonds is 8. The molecule has 0 spiro atoms. The molecule has 0 amide bonds. The summed E-state index contributed by atoms with van der Waals surface area (Å²) in [6, 6.07) is 4.34. The highest BCUT2D eigenvalue weighted by Crippen LogP contribution is 2.23. The number of hydrogen-bond acceptors (Lipinski definition) is 5. The van der Waals surface area contributed by atoms with Gasteiger partial charge in [-0.1, -0.05) is 13.3 Å². The normalized spacial score (nSPS) is 13.2. The van der Waals surface area contributed by atoms with Gasteiger partial charge >= 0.3 is 0 Å². The van der Waals surface area contributed by atoms with Gasteiger partial charge in [0, 0.05) is 13.2 Å². The molecular formula is C13H23N3O3S. The summed E-state index contributed by atoms with van der Waals surface area (Å²) in [5, 5.41) is 17.3. The zero-order valence-corrected chi connectivity index (χ0v) is 12.5. The Morgan fingerprint density at radius 2 is 2.05 bits per heavy atom. The number of primary sulfonamides is 1. The van der Waals surface area contributed by atoms with Gasteiger partial charge in [-0.3, -0.25) is 0 Å². The van der Waals surface area contributed by atoms with Crippen LogP contribution in [0, 0.1) is 5.92 Å². The standard InChI is InChI=1S/C13H23N3O3S/c1-2-3-10(6-7-17)9-16-13-8-11(20(15,18)19)4-5-12(13)14/h4-5,8,10,16-17H,2-3,6-7,9,14H2,1H3,(H2,15,18,19). The topological polar surface area (TPSA) is 118 Å². The van der Waals surface area contributed by atoms with Gasteiger partial charge in [0.15, 0.2) is 0 Å². The average Bonchev–Trinajstić information content (AvgIpc) is 2.36. The maximum atomic E-state index is 11.3. The molecule has 20 heavy (non-hydrogen) atoms. The molecule has 0 aliphatic rings. The summed E-state index contributed by atoms with van der Waals surface area (Å²) >= 11 is 0. The highest BCUT2D eigenvalue weighted by Gasteiger charge is 2.12. The second-order valence-corrected chi connectivity index (χ2v) is 6.40. The Hall–Kier alpha value is -1.31. The van der Waals surface area contributed by atoms with Crippen molar-refractivity contribution in [1.29, 1.82) is 0 Å². The molecule has 0 fully saturated rings. The van der Waals surface area contributed by atoms with Crippen molar-refractivity contribution >= 4 is 21.4 Å². The molecule has 6 nitrogen and oxygen atoms in total. The van der Waals surface area contributed by atoms with Crippen LogP contribution in [0.4, 0.5) is 11.4 Å². The van der Waals surface area contributed by atoms with Crippen molar-refractivity contribution in [3.63, 3.8) is 0 Å². The summed E-state index contributed by atoms with van der Waals surface area (Å²) in [5.41, 5.74) is 6.84. The number of sulfonamides is 1. The van der Waals surface area contributed by atoms with Crippen molar-refractivity contribution in [2.75, 3.05) is 24.2 Å². The van der Waals surface area contributed by atoms with Crippen LogP contribution in [0.2, 0.25) is 0 Å². The van der Waals surface area contributed by atoms with Gasteiger partial charge in [0.25, 0.3) is 0 Å². The third kappa shape index (κ3) is 4.99. The zero-order valence-electron chi connectivity index (χ0n) is 11.7. The molecule has 0 aromatic heterocycles. The number of aliphatic hydroxyl groups excluding tert-OH is 1. The fourth-order valence-electron chi connectivity index (χ4n) is 2.06. The number of aliphatic hydroxyl groups is 1. The first-order valence-corrected chi connectivity index (χ1v) is 8.20. The molecule has 0 aliphatic heterocycles. The van der Waals surface area contributed by atoms with Crippen LogP contribution < -0.4 is 16.2 Å². The van der Waals surface area contributed by atoms with Gasteiger partial charge < -0.3 is 16.2 Å². The van der Waals surface area contributed by atoms with Crippen molar-refractivity contribution in [3.8, 4) is 0 Å². The second kappa shape index (κ2) is 7.47. The van der Waals surface area contributed by atoms with Crippen LogP contribution in [0.5, 0.6) is 0 Å². The van der Waals surface area contributed by atoms with Crippen LogP contribution in [-0.4, -0.2) is 26.7 Å². The molecule has 114 valence electrons. The molecule has 0 bridgehead atoms. The molecule has 1 rings (SSSR count). The van der Waals surface area contributed by atoms with Crippen molar-refractivity contribution in [3.05, 3.63) is 18.2 Å². The summed E-state index contributed by atoms with van der Waals surface area (Å²) in [4.78, 5) is 0.0309. The number of nitrogens with two attached hydrogens (primary N) is 2. The number of anilines is 2. The Morgan fingerprint density at radius 1 is 1.35 bits per heavy atom. The van der Waals surface area contributed by atoms with E-state index >= 15 is 0 Å². The molecule has 1 unspecified atom stereocenters. The summed E-state index contributed by atoms with van der Waals surface area (Å²) in [7, 11) is -3.74. The zero-order chi connectivity index (χ0) is 15.2. The predicted octanol–water partition coefficient (Wildman–Crippen LogP) is 1.13. The minimum Gasteiger partial charge on any atom is -0.397 e. The highest BCUT2D eigenvalue weighted by molar-refractivity contribution is 7.89.